The van der Waals surface area contributed by atoms with E-state index in [1.807, 2.05) is 6.92 Å². The number of nitrogens with one attached hydrogen (secondary N) is 2. The number of halogens is 4. The molecule has 1 unspecified atom stereocenters. The molecule has 0 spiro atoms. The number of nitrogens with zero attached hydrogens (tertiary/aromatic N) is 3. The average molecular weight is 451 g/mol. The molecule has 138 valence electrons. The van der Waals surface area contributed by atoms with Gasteiger partial charge >= 0.3 is 6.18 Å². The first-order valence-electron chi connectivity index (χ1n) is 7.83. The van der Waals surface area contributed by atoms with E-state index >= 15 is 0 Å². The summed E-state index contributed by atoms with van der Waals surface area (Å²) in [6, 6.07) is 0.284. The van der Waals surface area contributed by atoms with Crippen LogP contribution in [0.1, 0.15) is 20.3 Å². The van der Waals surface area contributed by atoms with Crippen LogP contribution in [-0.4, -0.2) is 80.8 Å². The maximum absolute atomic E-state index is 12.2. The smallest absolute Gasteiger partial charge is 0.357 e. The van der Waals surface area contributed by atoms with Gasteiger partial charge in [-0.1, -0.05) is 0 Å². The molecule has 0 aromatic carbocycles. The van der Waals surface area contributed by atoms with Crippen molar-refractivity contribution in [2.75, 3.05) is 52.9 Å². The highest BCUT2D eigenvalue weighted by Gasteiger charge is 2.26. The molecule has 1 rings (SSSR count). The zero-order valence-electron chi connectivity index (χ0n) is 14.1. The van der Waals surface area contributed by atoms with Gasteiger partial charge in [-0.05, 0) is 20.9 Å². The fourth-order valence-electron chi connectivity index (χ4n) is 2.27. The van der Waals surface area contributed by atoms with Gasteiger partial charge in [0.2, 0.25) is 0 Å². The van der Waals surface area contributed by atoms with Gasteiger partial charge in [-0.3, -0.25) is 9.89 Å². The Bertz CT molecular complexity index is 344. The Morgan fingerprint density at radius 1 is 1.17 bits per heavy atom. The third-order valence-corrected chi connectivity index (χ3v) is 3.72. The van der Waals surface area contributed by atoms with E-state index in [1.54, 1.807) is 0 Å². The van der Waals surface area contributed by atoms with E-state index in [4.69, 9.17) is 0 Å². The number of piperazine rings is 1. The highest BCUT2D eigenvalue weighted by Crippen LogP contribution is 2.18. The van der Waals surface area contributed by atoms with Gasteiger partial charge in [0.15, 0.2) is 5.96 Å². The van der Waals surface area contributed by atoms with Gasteiger partial charge in [0.25, 0.3) is 0 Å². The predicted octanol–water partition coefficient (Wildman–Crippen LogP) is 1.75. The second-order valence-corrected chi connectivity index (χ2v) is 5.70. The number of hydrogen-bond donors (Lipinski definition) is 2. The first-order valence-corrected chi connectivity index (χ1v) is 7.83. The summed E-state index contributed by atoms with van der Waals surface area (Å²) < 4.78 is 36.5. The molecule has 2 N–H and O–H groups in total. The number of alkyl halides is 3. The third kappa shape index (κ3) is 10.2. The van der Waals surface area contributed by atoms with Crippen molar-refractivity contribution in [3.63, 3.8) is 0 Å². The summed E-state index contributed by atoms with van der Waals surface area (Å²) in [6.45, 7) is 9.13. The van der Waals surface area contributed by atoms with Crippen LogP contribution >= 0.6 is 24.0 Å². The van der Waals surface area contributed by atoms with E-state index in [1.165, 1.54) is 0 Å². The molecule has 0 amide bonds. The maximum atomic E-state index is 12.2. The fraction of sp³-hybridized carbons (Fsp3) is 0.929. The Kier molecular flexibility index (Phi) is 11.2. The van der Waals surface area contributed by atoms with Crippen molar-refractivity contribution in [3.8, 4) is 0 Å². The summed E-state index contributed by atoms with van der Waals surface area (Å²) in [7, 11) is 2.11. The van der Waals surface area contributed by atoms with Crippen molar-refractivity contribution in [1.82, 2.24) is 20.4 Å². The maximum Gasteiger partial charge on any atom is 0.390 e. The van der Waals surface area contributed by atoms with Crippen LogP contribution < -0.4 is 10.6 Å². The standard InChI is InChI=1S/C14H28F3N5.HI/c1-4-18-13(19-6-5-14(15,16)17)20-11-12(2)22-9-7-21(3)8-10-22;/h12H,4-11H2,1-3H3,(H2,18,19,20);1H. The van der Waals surface area contributed by atoms with Crippen LogP contribution in [0.15, 0.2) is 4.99 Å². The topological polar surface area (TPSA) is 42.9 Å². The molecule has 0 aromatic rings. The van der Waals surface area contributed by atoms with Crippen molar-refractivity contribution in [2.45, 2.75) is 32.5 Å². The Labute approximate surface area is 154 Å². The second kappa shape index (κ2) is 11.3. The number of hydrogen-bond acceptors (Lipinski definition) is 3. The van der Waals surface area contributed by atoms with E-state index in [2.05, 4.69) is 39.4 Å². The quantitative estimate of drug-likeness (QED) is 0.367. The largest absolute Gasteiger partial charge is 0.390 e. The van der Waals surface area contributed by atoms with Gasteiger partial charge in [-0.2, -0.15) is 13.2 Å². The average Bonchev–Trinajstić information content (AvgIpc) is 2.44. The minimum Gasteiger partial charge on any atom is -0.357 e. The molecule has 0 saturated carbocycles. The Morgan fingerprint density at radius 2 is 1.78 bits per heavy atom. The van der Waals surface area contributed by atoms with Gasteiger partial charge in [0.1, 0.15) is 0 Å². The summed E-state index contributed by atoms with van der Waals surface area (Å²) in [5, 5.41) is 5.71. The van der Waals surface area contributed by atoms with E-state index in [-0.39, 0.29) is 36.6 Å². The molecular formula is C14H29F3IN5. The molecule has 0 aliphatic carbocycles. The summed E-state index contributed by atoms with van der Waals surface area (Å²) in [5.74, 6) is 0.452. The van der Waals surface area contributed by atoms with Gasteiger partial charge in [0.05, 0.1) is 13.0 Å². The molecule has 23 heavy (non-hydrogen) atoms. The number of likely N-dealkylation sites (N-methyl/N-ethyl adjacent to an activating group) is 1. The van der Waals surface area contributed by atoms with Crippen LogP contribution in [0.25, 0.3) is 0 Å². The van der Waals surface area contributed by atoms with Gasteiger partial charge in [0, 0.05) is 45.3 Å². The molecule has 1 aliphatic rings. The molecule has 0 bridgehead atoms. The lowest BCUT2D eigenvalue weighted by Crippen LogP contribution is -2.49. The number of guanidine groups is 1. The summed E-state index contributed by atoms with van der Waals surface area (Å²) >= 11 is 0. The molecule has 0 aromatic heterocycles. The van der Waals surface area contributed by atoms with Crippen molar-refractivity contribution >= 4 is 29.9 Å². The van der Waals surface area contributed by atoms with Gasteiger partial charge in [-0.25, -0.2) is 0 Å². The van der Waals surface area contributed by atoms with Crippen LogP contribution in [0.2, 0.25) is 0 Å². The monoisotopic (exact) mass is 451 g/mol. The highest BCUT2D eigenvalue weighted by molar-refractivity contribution is 14.0. The van der Waals surface area contributed by atoms with E-state index < -0.39 is 12.6 Å². The minimum atomic E-state index is -4.14. The molecule has 9 heteroatoms. The number of aliphatic imine (C=N–C) groups is 1. The van der Waals surface area contributed by atoms with Gasteiger partial charge < -0.3 is 15.5 Å². The molecule has 1 fully saturated rings. The van der Waals surface area contributed by atoms with E-state index in [9.17, 15) is 13.2 Å². The van der Waals surface area contributed by atoms with Crippen molar-refractivity contribution < 1.29 is 13.2 Å². The Balaban J connectivity index is 0.00000484. The van der Waals surface area contributed by atoms with Crippen LogP contribution in [0, 0.1) is 0 Å². The van der Waals surface area contributed by atoms with Gasteiger partial charge in [-0.15, -0.1) is 24.0 Å². The number of rotatable bonds is 6. The minimum absolute atomic E-state index is 0. The summed E-state index contributed by atoms with van der Waals surface area (Å²) in [6.07, 6.45) is -5.00. The first kappa shape index (κ1) is 22.7. The SMILES string of the molecule is CCNC(=NCC(C)N1CCN(C)CC1)NCCC(F)(F)F.I. The normalized spacial score (nSPS) is 19.1. The fourth-order valence-corrected chi connectivity index (χ4v) is 2.27. The van der Waals surface area contributed by atoms with Crippen LogP contribution in [-0.2, 0) is 0 Å². The van der Waals surface area contributed by atoms with E-state index in [0.29, 0.717) is 19.0 Å². The first-order chi connectivity index (χ1) is 10.3. The lowest BCUT2D eigenvalue weighted by atomic mass is 10.2. The molecule has 1 aliphatic heterocycles. The van der Waals surface area contributed by atoms with Crippen molar-refractivity contribution in [1.29, 1.82) is 0 Å². The zero-order chi connectivity index (χ0) is 16.6. The van der Waals surface area contributed by atoms with Crippen LogP contribution in [0.3, 0.4) is 0 Å². The highest BCUT2D eigenvalue weighted by atomic mass is 127. The molecule has 0 radical (unpaired) electrons. The lowest BCUT2D eigenvalue weighted by molar-refractivity contribution is -0.132. The van der Waals surface area contributed by atoms with Crippen LogP contribution in [0.5, 0.6) is 0 Å². The van der Waals surface area contributed by atoms with E-state index in [0.717, 1.165) is 26.2 Å². The summed E-state index contributed by atoms with van der Waals surface area (Å²) in [5.41, 5.74) is 0. The van der Waals surface area contributed by atoms with Crippen molar-refractivity contribution in [3.05, 3.63) is 0 Å². The molecule has 1 heterocycles. The molecular weight excluding hydrogens is 422 g/mol. The van der Waals surface area contributed by atoms with Crippen molar-refractivity contribution in [2.24, 2.45) is 4.99 Å². The molecule has 1 atom stereocenters. The molecule has 5 nitrogen and oxygen atoms in total. The Hall–Kier alpha value is -0.290. The lowest BCUT2D eigenvalue weighted by Gasteiger charge is -2.35. The second-order valence-electron chi connectivity index (χ2n) is 5.70. The third-order valence-electron chi connectivity index (χ3n) is 3.72. The Morgan fingerprint density at radius 3 is 2.30 bits per heavy atom. The molecule has 1 saturated heterocycles. The predicted molar refractivity (Wildman–Crippen MR) is 98.6 cm³/mol. The zero-order valence-corrected chi connectivity index (χ0v) is 16.4. The summed E-state index contributed by atoms with van der Waals surface area (Å²) in [4.78, 5) is 9.05. The van der Waals surface area contributed by atoms with Crippen LogP contribution in [0.4, 0.5) is 13.2 Å².